The van der Waals surface area contributed by atoms with E-state index in [4.69, 9.17) is 19.2 Å². The van der Waals surface area contributed by atoms with Crippen LogP contribution >= 0.6 is 0 Å². The first-order valence-corrected chi connectivity index (χ1v) is 13.6. The summed E-state index contributed by atoms with van der Waals surface area (Å²) < 4.78 is 16.9. The lowest BCUT2D eigenvalue weighted by molar-refractivity contribution is 0.209. The number of rotatable bonds is 9. The Balaban J connectivity index is 1.34. The fourth-order valence-corrected chi connectivity index (χ4v) is 5.05. The third-order valence-corrected chi connectivity index (χ3v) is 7.44. The Hall–Kier alpha value is -4.35. The normalized spacial score (nSPS) is 13.8. The van der Waals surface area contributed by atoms with Crippen molar-refractivity contribution in [3.05, 3.63) is 83.0 Å². The number of methoxy groups -OCH3 is 2. The molecule has 1 aliphatic rings. The summed E-state index contributed by atoms with van der Waals surface area (Å²) in [5.74, 6) is 2.94. The number of anilines is 1. The monoisotopic (exact) mass is 537 g/mol. The van der Waals surface area contributed by atoms with Crippen molar-refractivity contribution >= 4 is 16.9 Å². The maximum Gasteiger partial charge on any atom is 0.161 e. The van der Waals surface area contributed by atoms with Crippen molar-refractivity contribution < 1.29 is 14.2 Å². The number of piperazine rings is 1. The number of ether oxygens (including phenoxy) is 3. The molecule has 1 aliphatic heterocycles. The number of nitriles is 1. The van der Waals surface area contributed by atoms with Gasteiger partial charge in [0.2, 0.25) is 0 Å². The molecule has 1 fully saturated rings. The lowest BCUT2D eigenvalue weighted by Crippen LogP contribution is -2.49. The molecule has 0 bridgehead atoms. The van der Waals surface area contributed by atoms with Crippen molar-refractivity contribution in [2.45, 2.75) is 32.9 Å². The van der Waals surface area contributed by atoms with Gasteiger partial charge in [0.15, 0.2) is 11.5 Å². The average Bonchev–Trinajstić information content (AvgIpc) is 3.00. The molecule has 206 valence electrons. The fraction of sp³-hybridized carbons (Fsp3) is 0.344. The number of nitrogens with zero attached hydrogens (tertiary/aromatic N) is 5. The molecule has 0 spiro atoms. The van der Waals surface area contributed by atoms with Gasteiger partial charge in [0, 0.05) is 32.2 Å². The van der Waals surface area contributed by atoms with Crippen molar-refractivity contribution in [1.82, 2.24) is 14.9 Å². The van der Waals surface area contributed by atoms with Crippen LogP contribution < -0.4 is 19.1 Å². The van der Waals surface area contributed by atoms with E-state index in [0.29, 0.717) is 41.6 Å². The Bertz CT molecular complexity index is 1510. The molecule has 2 heterocycles. The zero-order valence-corrected chi connectivity index (χ0v) is 23.6. The minimum atomic E-state index is 0.413. The fourth-order valence-electron chi connectivity index (χ4n) is 5.05. The number of fused-ring (bicyclic) bond motifs is 1. The van der Waals surface area contributed by atoms with Crippen LogP contribution in [-0.2, 0) is 13.0 Å². The third-order valence-electron chi connectivity index (χ3n) is 7.44. The second-order valence-corrected chi connectivity index (χ2v) is 10.2. The van der Waals surface area contributed by atoms with Gasteiger partial charge in [-0.1, -0.05) is 24.3 Å². The Labute approximate surface area is 235 Å². The standard InChI is InChI=1S/C32H35N5O3/c1-22(2)36-13-15-37(16-14-36)31-20-34-28-11-8-25(27(19-33)32(28)35-31)17-24-7-12-29(30(18-24)39-4)40-21-23-5-9-26(38-3)10-6-23/h5-12,18,20,22H,13-17,21H2,1-4H3. The van der Waals surface area contributed by atoms with Crippen LogP contribution in [0.15, 0.2) is 60.8 Å². The Kier molecular flexibility index (Phi) is 8.32. The number of aromatic nitrogens is 2. The first kappa shape index (κ1) is 27.2. The molecule has 5 rings (SSSR count). The summed E-state index contributed by atoms with van der Waals surface area (Å²) in [4.78, 5) is 14.3. The largest absolute Gasteiger partial charge is 0.497 e. The van der Waals surface area contributed by atoms with E-state index in [0.717, 1.165) is 60.0 Å². The Morgan fingerprint density at radius 2 is 1.65 bits per heavy atom. The molecule has 40 heavy (non-hydrogen) atoms. The van der Waals surface area contributed by atoms with Crippen LogP contribution in [0.3, 0.4) is 0 Å². The summed E-state index contributed by atoms with van der Waals surface area (Å²) >= 11 is 0. The predicted octanol–water partition coefficient (Wildman–Crippen LogP) is 5.22. The third kappa shape index (κ3) is 5.95. The highest BCUT2D eigenvalue weighted by atomic mass is 16.5. The van der Waals surface area contributed by atoms with Gasteiger partial charge in [0.05, 0.1) is 31.5 Å². The van der Waals surface area contributed by atoms with Crippen molar-refractivity contribution in [3.8, 4) is 23.3 Å². The second-order valence-electron chi connectivity index (χ2n) is 10.2. The maximum absolute atomic E-state index is 10.2. The summed E-state index contributed by atoms with van der Waals surface area (Å²) in [6.07, 6.45) is 2.39. The van der Waals surface area contributed by atoms with Gasteiger partial charge in [-0.05, 0) is 67.3 Å². The van der Waals surface area contributed by atoms with Crippen LogP contribution in [0.2, 0.25) is 0 Å². The van der Waals surface area contributed by atoms with E-state index in [-0.39, 0.29) is 0 Å². The molecular weight excluding hydrogens is 502 g/mol. The minimum absolute atomic E-state index is 0.413. The molecule has 0 N–H and O–H groups in total. The summed E-state index contributed by atoms with van der Waals surface area (Å²) in [5.41, 5.74) is 4.88. The molecule has 0 unspecified atom stereocenters. The highest BCUT2D eigenvalue weighted by molar-refractivity contribution is 5.83. The molecule has 0 atom stereocenters. The first-order chi connectivity index (χ1) is 19.5. The van der Waals surface area contributed by atoms with Crippen molar-refractivity contribution in [1.29, 1.82) is 5.26 Å². The zero-order chi connectivity index (χ0) is 28.1. The van der Waals surface area contributed by atoms with E-state index in [1.165, 1.54) is 0 Å². The van der Waals surface area contributed by atoms with Crippen molar-refractivity contribution in [2.24, 2.45) is 0 Å². The maximum atomic E-state index is 10.2. The predicted molar refractivity (Wildman–Crippen MR) is 156 cm³/mol. The van der Waals surface area contributed by atoms with Crippen LogP contribution in [-0.4, -0.2) is 61.3 Å². The molecule has 3 aromatic carbocycles. The van der Waals surface area contributed by atoms with Gasteiger partial charge in [-0.15, -0.1) is 0 Å². The average molecular weight is 538 g/mol. The van der Waals surface area contributed by atoms with Crippen molar-refractivity contribution in [2.75, 3.05) is 45.3 Å². The molecule has 1 saturated heterocycles. The van der Waals surface area contributed by atoms with Crippen LogP contribution in [0.25, 0.3) is 11.0 Å². The van der Waals surface area contributed by atoms with Crippen molar-refractivity contribution in [3.63, 3.8) is 0 Å². The van der Waals surface area contributed by atoms with E-state index in [1.807, 2.05) is 60.8 Å². The summed E-state index contributed by atoms with van der Waals surface area (Å²) in [6.45, 7) is 8.64. The van der Waals surface area contributed by atoms with Crippen LogP contribution in [0.5, 0.6) is 17.2 Å². The van der Waals surface area contributed by atoms with Gasteiger partial charge in [0.25, 0.3) is 0 Å². The number of hydrogen-bond acceptors (Lipinski definition) is 8. The Morgan fingerprint density at radius 3 is 2.33 bits per heavy atom. The van der Waals surface area contributed by atoms with Gasteiger partial charge in [0.1, 0.15) is 29.8 Å². The van der Waals surface area contributed by atoms with Gasteiger partial charge >= 0.3 is 0 Å². The summed E-state index contributed by atoms with van der Waals surface area (Å²) in [5, 5.41) is 10.2. The Morgan fingerprint density at radius 1 is 0.900 bits per heavy atom. The van der Waals surface area contributed by atoms with E-state index in [2.05, 4.69) is 34.7 Å². The van der Waals surface area contributed by atoms with Gasteiger partial charge < -0.3 is 19.1 Å². The van der Waals surface area contributed by atoms with Crippen LogP contribution in [0.1, 0.15) is 36.1 Å². The molecule has 0 amide bonds. The van der Waals surface area contributed by atoms with Gasteiger partial charge in [-0.25, -0.2) is 4.98 Å². The number of benzene rings is 3. The molecule has 0 aliphatic carbocycles. The van der Waals surface area contributed by atoms with Gasteiger partial charge in [-0.3, -0.25) is 9.88 Å². The molecule has 0 saturated carbocycles. The highest BCUT2D eigenvalue weighted by Crippen LogP contribution is 2.31. The van der Waals surface area contributed by atoms with E-state index >= 15 is 0 Å². The van der Waals surface area contributed by atoms with E-state index in [9.17, 15) is 5.26 Å². The molecule has 8 nitrogen and oxygen atoms in total. The first-order valence-electron chi connectivity index (χ1n) is 13.6. The van der Waals surface area contributed by atoms with E-state index < -0.39 is 0 Å². The molecule has 8 heteroatoms. The lowest BCUT2D eigenvalue weighted by atomic mass is 9.98. The molecule has 1 aromatic heterocycles. The molecular formula is C32H35N5O3. The summed E-state index contributed by atoms with van der Waals surface area (Å²) in [6, 6.07) is 20.5. The number of hydrogen-bond donors (Lipinski definition) is 0. The van der Waals surface area contributed by atoms with E-state index in [1.54, 1.807) is 14.2 Å². The second kappa shape index (κ2) is 12.2. The zero-order valence-electron chi connectivity index (χ0n) is 23.6. The SMILES string of the molecule is COc1ccc(COc2ccc(Cc3ccc4ncc(N5CCN(C(C)C)CC5)nc4c3C#N)cc2OC)cc1. The minimum Gasteiger partial charge on any atom is -0.497 e. The molecule has 4 aromatic rings. The van der Waals surface area contributed by atoms with Crippen LogP contribution in [0, 0.1) is 11.3 Å². The lowest BCUT2D eigenvalue weighted by Gasteiger charge is -2.37. The topological polar surface area (TPSA) is 83.7 Å². The smallest absolute Gasteiger partial charge is 0.161 e. The highest BCUT2D eigenvalue weighted by Gasteiger charge is 2.21. The quantitative estimate of drug-likeness (QED) is 0.287. The summed E-state index contributed by atoms with van der Waals surface area (Å²) in [7, 11) is 3.28. The van der Waals surface area contributed by atoms with Crippen LogP contribution in [0.4, 0.5) is 5.82 Å². The molecule has 0 radical (unpaired) electrons. The van der Waals surface area contributed by atoms with Gasteiger partial charge in [-0.2, -0.15) is 5.26 Å².